The number of carbonyl (C=O) groups excluding carboxylic acids is 1. The Hall–Kier alpha value is -0.240. The molecule has 2 unspecified atom stereocenters. The molecule has 0 aromatic carbocycles. The van der Waals surface area contributed by atoms with E-state index in [0.29, 0.717) is 11.8 Å². The zero-order valence-corrected chi connectivity index (χ0v) is 13.2. The van der Waals surface area contributed by atoms with Gasteiger partial charge in [0.25, 0.3) is 0 Å². The normalized spacial score (nSPS) is 50.5. The molecule has 112 valence electrons. The molecule has 3 heteroatoms. The highest BCUT2D eigenvalue weighted by molar-refractivity contribution is 6.20. The summed E-state index contributed by atoms with van der Waals surface area (Å²) in [5.74, 6) is 3.50. The first-order valence-electron chi connectivity index (χ1n) is 8.49. The summed E-state index contributed by atoms with van der Waals surface area (Å²) in [7, 11) is 0. The van der Waals surface area contributed by atoms with Gasteiger partial charge in [0, 0.05) is 18.5 Å². The van der Waals surface area contributed by atoms with Crippen molar-refractivity contribution in [3.8, 4) is 0 Å². The van der Waals surface area contributed by atoms with Crippen LogP contribution in [0.2, 0.25) is 0 Å². The maximum absolute atomic E-state index is 13.2. The molecule has 4 saturated carbocycles. The molecule has 0 spiro atoms. The van der Waals surface area contributed by atoms with Crippen molar-refractivity contribution in [2.75, 3.05) is 13.1 Å². The number of rotatable bonds is 1. The van der Waals surface area contributed by atoms with E-state index in [9.17, 15) is 4.79 Å². The van der Waals surface area contributed by atoms with Gasteiger partial charge in [-0.15, -0.1) is 11.6 Å². The lowest BCUT2D eigenvalue weighted by Crippen LogP contribution is -2.56. The highest BCUT2D eigenvalue weighted by Gasteiger charge is 2.55. The minimum absolute atomic E-state index is 0.0353. The Balaban J connectivity index is 1.53. The summed E-state index contributed by atoms with van der Waals surface area (Å²) >= 11 is 6.32. The molecular weight excluding hydrogens is 270 g/mol. The summed E-state index contributed by atoms with van der Waals surface area (Å²) in [4.78, 5) is 15.4. The molecule has 1 aliphatic heterocycles. The van der Waals surface area contributed by atoms with Gasteiger partial charge < -0.3 is 4.90 Å². The lowest BCUT2D eigenvalue weighted by Gasteiger charge is -2.57. The standard InChI is InChI=1S/C17H26ClNO/c1-11-10-19(3-2-15(11)18)16(20)17-7-12-4-13(8-17)6-14(5-12)9-17/h11-15H,2-10H2,1H3. The van der Waals surface area contributed by atoms with E-state index < -0.39 is 0 Å². The fraction of sp³-hybridized carbons (Fsp3) is 0.941. The van der Waals surface area contributed by atoms with Gasteiger partial charge in [-0.05, 0) is 68.6 Å². The zero-order valence-electron chi connectivity index (χ0n) is 12.5. The Morgan fingerprint density at radius 1 is 1.10 bits per heavy atom. The Kier molecular flexibility index (Phi) is 3.11. The molecule has 4 aliphatic carbocycles. The average molecular weight is 296 g/mol. The second-order valence-corrected chi connectivity index (χ2v) is 8.79. The fourth-order valence-corrected chi connectivity index (χ4v) is 6.19. The third kappa shape index (κ3) is 2.01. The number of alkyl halides is 1. The summed E-state index contributed by atoms with van der Waals surface area (Å²) in [5.41, 5.74) is 0.0353. The quantitative estimate of drug-likeness (QED) is 0.676. The molecule has 1 amide bonds. The molecule has 4 bridgehead atoms. The van der Waals surface area contributed by atoms with Gasteiger partial charge in [0.05, 0.1) is 5.41 Å². The number of nitrogens with zero attached hydrogens (tertiary/aromatic N) is 1. The van der Waals surface area contributed by atoms with E-state index in [1.165, 1.54) is 38.5 Å². The predicted molar refractivity (Wildman–Crippen MR) is 80.6 cm³/mol. The monoisotopic (exact) mass is 295 g/mol. The highest BCUT2D eigenvalue weighted by atomic mass is 35.5. The maximum atomic E-state index is 13.2. The molecule has 0 aromatic heterocycles. The van der Waals surface area contributed by atoms with Crippen molar-refractivity contribution in [2.24, 2.45) is 29.1 Å². The van der Waals surface area contributed by atoms with Crippen LogP contribution in [0.5, 0.6) is 0 Å². The second-order valence-electron chi connectivity index (χ2n) is 8.23. The first kappa shape index (κ1) is 13.4. The van der Waals surface area contributed by atoms with E-state index in [4.69, 9.17) is 11.6 Å². The Morgan fingerprint density at radius 2 is 1.65 bits per heavy atom. The molecule has 5 aliphatic rings. The molecular formula is C17H26ClNO. The summed E-state index contributed by atoms with van der Waals surface area (Å²) in [6.45, 7) is 3.96. The van der Waals surface area contributed by atoms with Gasteiger partial charge in [0.2, 0.25) is 5.91 Å². The number of carbonyl (C=O) groups is 1. The number of hydrogen-bond acceptors (Lipinski definition) is 1. The van der Waals surface area contributed by atoms with Gasteiger partial charge in [-0.1, -0.05) is 6.92 Å². The first-order valence-corrected chi connectivity index (χ1v) is 8.93. The van der Waals surface area contributed by atoms with Crippen LogP contribution in [0, 0.1) is 29.1 Å². The molecule has 0 aromatic rings. The lowest BCUT2D eigenvalue weighted by molar-refractivity contribution is -0.159. The zero-order chi connectivity index (χ0) is 13.9. The highest BCUT2D eigenvalue weighted by Crippen LogP contribution is 2.60. The van der Waals surface area contributed by atoms with Gasteiger partial charge >= 0.3 is 0 Å². The van der Waals surface area contributed by atoms with Gasteiger partial charge in [-0.2, -0.15) is 0 Å². The van der Waals surface area contributed by atoms with Crippen molar-refractivity contribution >= 4 is 17.5 Å². The van der Waals surface area contributed by atoms with Crippen molar-refractivity contribution in [1.29, 1.82) is 0 Å². The maximum Gasteiger partial charge on any atom is 0.228 e. The minimum atomic E-state index is 0.0353. The van der Waals surface area contributed by atoms with E-state index in [1.807, 2.05) is 0 Å². The largest absolute Gasteiger partial charge is 0.342 e. The van der Waals surface area contributed by atoms with Crippen LogP contribution in [0.3, 0.4) is 0 Å². The molecule has 5 fully saturated rings. The van der Waals surface area contributed by atoms with Crippen LogP contribution in [-0.4, -0.2) is 29.3 Å². The molecule has 1 saturated heterocycles. The van der Waals surface area contributed by atoms with Gasteiger partial charge in [-0.25, -0.2) is 0 Å². The summed E-state index contributed by atoms with van der Waals surface area (Å²) in [5, 5.41) is 0.260. The molecule has 20 heavy (non-hydrogen) atoms. The smallest absolute Gasteiger partial charge is 0.228 e. The molecule has 2 atom stereocenters. The predicted octanol–water partition coefficient (Wildman–Crippen LogP) is 3.68. The van der Waals surface area contributed by atoms with Crippen LogP contribution in [0.25, 0.3) is 0 Å². The molecule has 0 N–H and O–H groups in total. The minimum Gasteiger partial charge on any atom is -0.342 e. The number of amides is 1. The van der Waals surface area contributed by atoms with E-state index in [0.717, 1.165) is 37.3 Å². The van der Waals surface area contributed by atoms with Crippen LogP contribution in [0.1, 0.15) is 51.9 Å². The Morgan fingerprint density at radius 3 is 2.15 bits per heavy atom. The Labute approximate surface area is 127 Å². The SMILES string of the molecule is CC1CN(C(=O)C23CC4CC(CC(C4)C2)C3)CCC1Cl. The number of hydrogen-bond donors (Lipinski definition) is 0. The van der Waals surface area contributed by atoms with Crippen molar-refractivity contribution in [3.63, 3.8) is 0 Å². The van der Waals surface area contributed by atoms with Crippen molar-refractivity contribution in [1.82, 2.24) is 4.90 Å². The van der Waals surface area contributed by atoms with Crippen molar-refractivity contribution < 1.29 is 4.79 Å². The van der Waals surface area contributed by atoms with Crippen LogP contribution >= 0.6 is 11.6 Å². The summed E-state index contributed by atoms with van der Waals surface area (Å²) < 4.78 is 0. The van der Waals surface area contributed by atoms with Crippen molar-refractivity contribution in [2.45, 2.75) is 57.2 Å². The molecule has 5 rings (SSSR count). The second kappa shape index (κ2) is 4.63. The molecule has 2 nitrogen and oxygen atoms in total. The van der Waals surface area contributed by atoms with Gasteiger partial charge in [-0.3, -0.25) is 4.79 Å². The Bertz CT molecular complexity index is 386. The number of piperidine rings is 1. The van der Waals surface area contributed by atoms with E-state index in [2.05, 4.69) is 11.8 Å². The number of halogens is 1. The van der Waals surface area contributed by atoms with Gasteiger partial charge in [0.1, 0.15) is 0 Å². The fourth-order valence-electron chi connectivity index (χ4n) is 6.01. The van der Waals surface area contributed by atoms with Gasteiger partial charge in [0.15, 0.2) is 0 Å². The third-order valence-corrected chi connectivity index (χ3v) is 7.23. The molecule has 1 heterocycles. The average Bonchev–Trinajstić information content (AvgIpc) is 2.39. The third-order valence-electron chi connectivity index (χ3n) is 6.58. The van der Waals surface area contributed by atoms with Crippen molar-refractivity contribution in [3.05, 3.63) is 0 Å². The van der Waals surface area contributed by atoms with Crippen LogP contribution in [-0.2, 0) is 4.79 Å². The van der Waals surface area contributed by atoms with E-state index in [-0.39, 0.29) is 10.8 Å². The van der Waals surface area contributed by atoms with Crippen LogP contribution in [0.4, 0.5) is 0 Å². The van der Waals surface area contributed by atoms with Crippen LogP contribution < -0.4 is 0 Å². The van der Waals surface area contributed by atoms with Crippen LogP contribution in [0.15, 0.2) is 0 Å². The van der Waals surface area contributed by atoms with E-state index >= 15 is 0 Å². The lowest BCUT2D eigenvalue weighted by atomic mass is 9.49. The summed E-state index contributed by atoms with van der Waals surface area (Å²) in [6.07, 6.45) is 8.76. The first-order chi connectivity index (χ1) is 9.56. The summed E-state index contributed by atoms with van der Waals surface area (Å²) in [6, 6.07) is 0. The molecule has 0 radical (unpaired) electrons. The number of likely N-dealkylation sites (tertiary alicyclic amines) is 1. The topological polar surface area (TPSA) is 20.3 Å². The van der Waals surface area contributed by atoms with E-state index in [1.54, 1.807) is 0 Å².